The molecule has 0 spiro atoms. The Morgan fingerprint density at radius 3 is 2.38 bits per heavy atom. The Morgan fingerprint density at radius 2 is 1.81 bits per heavy atom. The Kier molecular flexibility index (Phi) is 6.65. The van der Waals surface area contributed by atoms with Crippen molar-refractivity contribution < 1.29 is 18.8 Å². The van der Waals surface area contributed by atoms with Crippen LogP contribution in [0.4, 0.5) is 4.79 Å². The van der Waals surface area contributed by atoms with Crippen LogP contribution in [-0.4, -0.2) is 47.9 Å². The summed E-state index contributed by atoms with van der Waals surface area (Å²) in [6.45, 7) is 7.75. The minimum Gasteiger partial charge on any atom is -0.467 e. The molecule has 0 saturated carbocycles. The second-order valence-electron chi connectivity index (χ2n) is 7.58. The van der Waals surface area contributed by atoms with Gasteiger partial charge in [-0.25, -0.2) is 4.79 Å². The monoisotopic (exact) mass is 364 g/mol. The maximum atomic E-state index is 12.1. The first-order valence-electron chi connectivity index (χ1n) is 8.90. The first-order chi connectivity index (χ1) is 12.2. The normalized spacial score (nSPS) is 15.4. The fourth-order valence-electron chi connectivity index (χ4n) is 2.72. The van der Waals surface area contributed by atoms with E-state index in [0.717, 1.165) is 12.8 Å². The Balaban J connectivity index is 1.65. The number of furan rings is 1. The number of urea groups is 1. The number of likely N-dealkylation sites (tertiary alicyclic amines) is 1. The summed E-state index contributed by atoms with van der Waals surface area (Å²) in [6.07, 6.45) is 3.10. The number of amides is 4. The van der Waals surface area contributed by atoms with E-state index in [1.165, 1.54) is 6.26 Å². The van der Waals surface area contributed by atoms with Crippen LogP contribution in [-0.2, 0) is 16.1 Å². The number of hydrogen-bond acceptors (Lipinski definition) is 4. The summed E-state index contributed by atoms with van der Waals surface area (Å²) in [5.41, 5.74) is -0.259. The summed E-state index contributed by atoms with van der Waals surface area (Å²) in [4.78, 5) is 37.5. The molecule has 0 unspecified atom stereocenters. The van der Waals surface area contributed by atoms with Gasteiger partial charge in [0, 0.05) is 25.2 Å². The molecule has 144 valence electrons. The summed E-state index contributed by atoms with van der Waals surface area (Å²) in [5.74, 6) is -0.476. The van der Waals surface area contributed by atoms with E-state index >= 15 is 0 Å². The topological polar surface area (TPSA) is 104 Å². The molecule has 1 fully saturated rings. The number of nitrogens with one attached hydrogen (secondary N) is 3. The molecule has 1 saturated heterocycles. The fourth-order valence-corrected chi connectivity index (χ4v) is 2.72. The third-order valence-electron chi connectivity index (χ3n) is 4.14. The molecule has 0 bridgehead atoms. The van der Waals surface area contributed by atoms with Crippen molar-refractivity contribution in [3.63, 3.8) is 0 Å². The average molecular weight is 364 g/mol. The van der Waals surface area contributed by atoms with Crippen LogP contribution in [0, 0.1) is 5.92 Å². The Morgan fingerprint density at radius 1 is 1.15 bits per heavy atom. The molecule has 4 amide bonds. The standard InChI is InChI=1S/C18H28N4O4/c1-18(2,3)21-17(25)22-8-6-13(7-9-22)11-19-15(23)16(24)20-12-14-5-4-10-26-14/h4-5,10,13H,6-9,11-12H2,1-3H3,(H,19,23)(H,20,24)(H,21,25). The largest absolute Gasteiger partial charge is 0.467 e. The molecule has 3 N–H and O–H groups in total. The van der Waals surface area contributed by atoms with Gasteiger partial charge in [-0.1, -0.05) is 0 Å². The van der Waals surface area contributed by atoms with Crippen LogP contribution in [0.1, 0.15) is 39.4 Å². The summed E-state index contributed by atoms with van der Waals surface area (Å²) in [7, 11) is 0. The quantitative estimate of drug-likeness (QED) is 0.699. The second-order valence-corrected chi connectivity index (χ2v) is 7.58. The van der Waals surface area contributed by atoms with Gasteiger partial charge in [-0.05, 0) is 51.7 Å². The van der Waals surface area contributed by atoms with Crippen LogP contribution in [0.15, 0.2) is 22.8 Å². The van der Waals surface area contributed by atoms with Gasteiger partial charge in [-0.3, -0.25) is 9.59 Å². The van der Waals surface area contributed by atoms with Crippen LogP contribution in [0.5, 0.6) is 0 Å². The molecule has 0 atom stereocenters. The zero-order valence-electron chi connectivity index (χ0n) is 15.6. The highest BCUT2D eigenvalue weighted by Gasteiger charge is 2.25. The van der Waals surface area contributed by atoms with Crippen molar-refractivity contribution in [1.82, 2.24) is 20.9 Å². The average Bonchev–Trinajstić information content (AvgIpc) is 3.10. The van der Waals surface area contributed by atoms with Crippen molar-refractivity contribution in [3.8, 4) is 0 Å². The van der Waals surface area contributed by atoms with Gasteiger partial charge in [-0.15, -0.1) is 0 Å². The van der Waals surface area contributed by atoms with Gasteiger partial charge in [0.25, 0.3) is 0 Å². The summed E-state index contributed by atoms with van der Waals surface area (Å²) in [5, 5.41) is 8.13. The predicted molar refractivity (Wildman–Crippen MR) is 96.1 cm³/mol. The Bertz CT molecular complexity index is 614. The van der Waals surface area contributed by atoms with Gasteiger partial charge in [-0.2, -0.15) is 0 Å². The van der Waals surface area contributed by atoms with Crippen molar-refractivity contribution in [2.45, 2.75) is 45.7 Å². The summed E-state index contributed by atoms with van der Waals surface area (Å²) >= 11 is 0. The third kappa shape index (κ3) is 6.42. The summed E-state index contributed by atoms with van der Waals surface area (Å²) in [6, 6.07) is 3.38. The van der Waals surface area contributed by atoms with E-state index in [1.807, 2.05) is 20.8 Å². The van der Waals surface area contributed by atoms with Crippen molar-refractivity contribution in [2.75, 3.05) is 19.6 Å². The Labute approximate surface area is 153 Å². The molecule has 8 nitrogen and oxygen atoms in total. The van der Waals surface area contributed by atoms with Crippen molar-refractivity contribution in [3.05, 3.63) is 24.2 Å². The van der Waals surface area contributed by atoms with Gasteiger partial charge in [0.2, 0.25) is 0 Å². The van der Waals surface area contributed by atoms with Crippen molar-refractivity contribution >= 4 is 17.8 Å². The van der Waals surface area contributed by atoms with E-state index in [4.69, 9.17) is 4.42 Å². The molecule has 0 aromatic carbocycles. The lowest BCUT2D eigenvalue weighted by Crippen LogP contribution is -2.51. The summed E-state index contributed by atoms with van der Waals surface area (Å²) < 4.78 is 5.09. The smallest absolute Gasteiger partial charge is 0.317 e. The molecule has 0 aliphatic carbocycles. The predicted octanol–water partition coefficient (Wildman–Crippen LogP) is 1.23. The lowest BCUT2D eigenvalue weighted by molar-refractivity contribution is -0.139. The van der Waals surface area contributed by atoms with E-state index in [9.17, 15) is 14.4 Å². The molecule has 8 heteroatoms. The molecule has 1 aliphatic heterocycles. The molecule has 26 heavy (non-hydrogen) atoms. The molecule has 2 heterocycles. The molecule has 1 aromatic heterocycles. The van der Waals surface area contributed by atoms with Gasteiger partial charge in [0.05, 0.1) is 12.8 Å². The van der Waals surface area contributed by atoms with Crippen molar-refractivity contribution in [1.29, 1.82) is 0 Å². The second kappa shape index (κ2) is 8.73. The number of carbonyl (C=O) groups is 3. The van der Waals surface area contributed by atoms with E-state index in [1.54, 1.807) is 17.0 Å². The fraction of sp³-hybridized carbons (Fsp3) is 0.611. The Hall–Kier alpha value is -2.51. The lowest BCUT2D eigenvalue weighted by Gasteiger charge is -2.34. The minimum absolute atomic E-state index is 0.0581. The highest BCUT2D eigenvalue weighted by Crippen LogP contribution is 2.17. The highest BCUT2D eigenvalue weighted by molar-refractivity contribution is 6.35. The number of rotatable bonds is 4. The molecule has 2 rings (SSSR count). The molecule has 1 aliphatic rings. The third-order valence-corrected chi connectivity index (χ3v) is 4.14. The first-order valence-corrected chi connectivity index (χ1v) is 8.90. The van der Waals surface area contributed by atoms with E-state index in [0.29, 0.717) is 25.4 Å². The first kappa shape index (κ1) is 19.8. The number of nitrogens with zero attached hydrogens (tertiary/aromatic N) is 1. The van der Waals surface area contributed by atoms with Crippen LogP contribution in [0.2, 0.25) is 0 Å². The van der Waals surface area contributed by atoms with E-state index < -0.39 is 11.8 Å². The molecular weight excluding hydrogens is 336 g/mol. The van der Waals surface area contributed by atoms with Crippen LogP contribution in [0.3, 0.4) is 0 Å². The van der Waals surface area contributed by atoms with Crippen LogP contribution in [0.25, 0.3) is 0 Å². The molecule has 0 radical (unpaired) electrons. The molecule has 1 aromatic rings. The van der Waals surface area contributed by atoms with Gasteiger partial charge < -0.3 is 25.3 Å². The molecular formula is C18H28N4O4. The maximum Gasteiger partial charge on any atom is 0.317 e. The highest BCUT2D eigenvalue weighted by atomic mass is 16.3. The van der Waals surface area contributed by atoms with E-state index in [2.05, 4.69) is 16.0 Å². The zero-order chi connectivity index (χ0) is 19.2. The lowest BCUT2D eigenvalue weighted by atomic mass is 9.97. The maximum absolute atomic E-state index is 12.1. The number of piperidine rings is 1. The van der Waals surface area contributed by atoms with Crippen molar-refractivity contribution in [2.24, 2.45) is 5.92 Å². The van der Waals surface area contributed by atoms with Gasteiger partial charge in [0.1, 0.15) is 5.76 Å². The zero-order valence-corrected chi connectivity index (χ0v) is 15.6. The minimum atomic E-state index is -0.677. The van der Waals surface area contributed by atoms with Gasteiger partial charge >= 0.3 is 17.8 Å². The SMILES string of the molecule is CC(C)(C)NC(=O)N1CCC(CNC(=O)C(=O)NCc2ccco2)CC1. The number of carbonyl (C=O) groups excluding carboxylic acids is 3. The van der Waals surface area contributed by atoms with Crippen LogP contribution < -0.4 is 16.0 Å². The van der Waals surface area contributed by atoms with E-state index in [-0.39, 0.29) is 24.0 Å². The number of hydrogen-bond donors (Lipinski definition) is 3. The van der Waals surface area contributed by atoms with Gasteiger partial charge in [0.15, 0.2) is 0 Å². The van der Waals surface area contributed by atoms with Crippen LogP contribution >= 0.6 is 0 Å².